The summed E-state index contributed by atoms with van der Waals surface area (Å²) in [4.78, 5) is 9.30. The molecule has 0 aromatic heterocycles. The predicted molar refractivity (Wildman–Crippen MR) is 105 cm³/mol. The summed E-state index contributed by atoms with van der Waals surface area (Å²) in [5, 5.41) is 3.65. The number of likely N-dealkylation sites (N-methyl/N-ethyl adjacent to an activating group) is 1. The second-order valence-electron chi connectivity index (χ2n) is 8.24. The molecule has 0 aromatic carbocycles. The average Bonchev–Trinajstić information content (AvgIpc) is 2.98. The molecule has 5 nitrogen and oxygen atoms in total. The van der Waals surface area contributed by atoms with Gasteiger partial charge in [0.1, 0.15) is 0 Å². The van der Waals surface area contributed by atoms with Crippen LogP contribution < -0.4 is 5.32 Å². The van der Waals surface area contributed by atoms with Crippen molar-refractivity contribution in [1.29, 1.82) is 0 Å². The number of ether oxygens (including phenoxy) is 1. The number of rotatable bonds is 4. The van der Waals surface area contributed by atoms with E-state index >= 15 is 0 Å². The van der Waals surface area contributed by atoms with E-state index in [-0.39, 0.29) is 11.1 Å². The summed E-state index contributed by atoms with van der Waals surface area (Å²) in [6, 6.07) is 0. The van der Waals surface area contributed by atoms with E-state index < -0.39 is 0 Å². The highest BCUT2D eigenvalue weighted by Gasteiger charge is 2.37. The molecule has 0 aromatic rings. The smallest absolute Gasteiger partial charge is 0.193 e. The van der Waals surface area contributed by atoms with Crippen molar-refractivity contribution in [3.05, 3.63) is 0 Å². The molecular weight excluding hydrogens is 320 g/mol. The van der Waals surface area contributed by atoms with Crippen molar-refractivity contribution in [2.75, 3.05) is 52.3 Å². The number of nitrogens with zero attached hydrogens (tertiary/aromatic N) is 3. The van der Waals surface area contributed by atoms with Crippen LogP contribution in [0.1, 0.15) is 40.0 Å². The van der Waals surface area contributed by atoms with Gasteiger partial charge in [-0.1, -0.05) is 0 Å². The van der Waals surface area contributed by atoms with E-state index in [1.54, 1.807) is 0 Å². The van der Waals surface area contributed by atoms with E-state index in [0.29, 0.717) is 6.10 Å². The van der Waals surface area contributed by atoms with Crippen LogP contribution in [0.4, 0.5) is 0 Å². The van der Waals surface area contributed by atoms with Crippen molar-refractivity contribution in [2.45, 2.75) is 57.3 Å². The van der Waals surface area contributed by atoms with Gasteiger partial charge < -0.3 is 19.9 Å². The van der Waals surface area contributed by atoms with E-state index in [0.717, 1.165) is 38.4 Å². The summed E-state index contributed by atoms with van der Waals surface area (Å²) in [6.45, 7) is 9.42. The molecule has 24 heavy (non-hydrogen) atoms. The molecule has 0 spiro atoms. The number of guanidine groups is 1. The minimum absolute atomic E-state index is 0.0506. The third-order valence-corrected chi connectivity index (χ3v) is 6.31. The number of likely N-dealkylation sites (tertiary alicyclic amines) is 1. The first-order valence-corrected chi connectivity index (χ1v) is 10.3. The number of thioether (sulfide) groups is 1. The Hall–Kier alpha value is -0.460. The molecule has 2 heterocycles. The van der Waals surface area contributed by atoms with Crippen molar-refractivity contribution >= 4 is 17.7 Å². The van der Waals surface area contributed by atoms with E-state index in [4.69, 9.17) is 4.74 Å². The first-order chi connectivity index (χ1) is 11.3. The molecule has 140 valence electrons. The summed E-state index contributed by atoms with van der Waals surface area (Å²) in [5.74, 6) is 3.50. The molecule has 1 N–H and O–H groups in total. The van der Waals surface area contributed by atoms with Crippen molar-refractivity contribution in [3.8, 4) is 0 Å². The molecule has 1 atom stereocenters. The standard InChI is InChI=1S/C18H36N4OS/c1-17(2,3)23-15-7-10-22(11-8-15)16(19-4)20-13-18(21(5)6)9-12-24-14-18/h15H,7-14H2,1-6H3,(H,19,20). The number of nitrogens with one attached hydrogen (secondary N) is 1. The van der Waals surface area contributed by atoms with E-state index in [2.05, 4.69) is 66.7 Å². The Balaban J connectivity index is 1.85. The normalized spacial score (nSPS) is 27.1. The first-order valence-electron chi connectivity index (χ1n) is 9.14. The average molecular weight is 357 g/mol. The van der Waals surface area contributed by atoms with Gasteiger partial charge in [0.2, 0.25) is 0 Å². The van der Waals surface area contributed by atoms with Gasteiger partial charge in [0.25, 0.3) is 0 Å². The van der Waals surface area contributed by atoms with Crippen molar-refractivity contribution in [1.82, 2.24) is 15.1 Å². The van der Waals surface area contributed by atoms with Crippen molar-refractivity contribution in [2.24, 2.45) is 4.99 Å². The maximum Gasteiger partial charge on any atom is 0.193 e. The Labute approximate surface area is 152 Å². The predicted octanol–water partition coefficient (Wildman–Crippen LogP) is 2.28. The van der Waals surface area contributed by atoms with E-state index in [9.17, 15) is 0 Å². The van der Waals surface area contributed by atoms with Gasteiger partial charge >= 0.3 is 0 Å². The molecular formula is C18H36N4OS. The summed E-state index contributed by atoms with van der Waals surface area (Å²) in [5.41, 5.74) is 0.208. The molecule has 2 aliphatic rings. The minimum Gasteiger partial charge on any atom is -0.372 e. The van der Waals surface area contributed by atoms with E-state index in [1.807, 2.05) is 7.05 Å². The third-order valence-electron chi connectivity index (χ3n) is 5.08. The molecule has 6 heteroatoms. The summed E-state index contributed by atoms with van der Waals surface area (Å²) in [7, 11) is 6.29. The zero-order chi connectivity index (χ0) is 17.8. The lowest BCUT2D eigenvalue weighted by Crippen LogP contribution is -2.56. The van der Waals surface area contributed by atoms with Crippen molar-refractivity contribution < 1.29 is 4.74 Å². The summed E-state index contributed by atoms with van der Waals surface area (Å²) < 4.78 is 6.13. The Morgan fingerprint density at radius 2 is 2.00 bits per heavy atom. The van der Waals surface area contributed by atoms with Gasteiger partial charge in [-0.15, -0.1) is 0 Å². The minimum atomic E-state index is -0.0506. The monoisotopic (exact) mass is 356 g/mol. The second kappa shape index (κ2) is 8.28. The fraction of sp³-hybridized carbons (Fsp3) is 0.944. The maximum atomic E-state index is 6.13. The Bertz CT molecular complexity index is 419. The van der Waals surface area contributed by atoms with Gasteiger partial charge in [-0.25, -0.2) is 0 Å². The third kappa shape index (κ3) is 5.27. The molecule has 2 saturated heterocycles. The Morgan fingerprint density at radius 3 is 2.46 bits per heavy atom. The van der Waals surface area contributed by atoms with Gasteiger partial charge in [0.15, 0.2) is 5.96 Å². The highest BCUT2D eigenvalue weighted by Crippen LogP contribution is 2.31. The van der Waals surface area contributed by atoms with Gasteiger partial charge in [-0.05, 0) is 59.9 Å². The maximum absolute atomic E-state index is 6.13. The molecule has 0 bridgehead atoms. The van der Waals surface area contributed by atoms with Crippen LogP contribution in [0.15, 0.2) is 4.99 Å². The topological polar surface area (TPSA) is 40.1 Å². The number of hydrogen-bond acceptors (Lipinski definition) is 4. The second-order valence-corrected chi connectivity index (χ2v) is 9.34. The lowest BCUT2D eigenvalue weighted by molar-refractivity contribution is -0.0773. The highest BCUT2D eigenvalue weighted by atomic mass is 32.2. The van der Waals surface area contributed by atoms with Crippen LogP contribution in [0.2, 0.25) is 0 Å². The fourth-order valence-corrected chi connectivity index (χ4v) is 5.06. The van der Waals surface area contributed by atoms with Crippen LogP contribution >= 0.6 is 11.8 Å². The quantitative estimate of drug-likeness (QED) is 0.618. The fourth-order valence-electron chi connectivity index (χ4n) is 3.51. The number of aliphatic imine (C=N–C) groups is 1. The Kier molecular flexibility index (Phi) is 6.85. The largest absolute Gasteiger partial charge is 0.372 e. The number of hydrogen-bond donors (Lipinski definition) is 1. The zero-order valence-electron chi connectivity index (χ0n) is 16.4. The summed E-state index contributed by atoms with van der Waals surface area (Å²) in [6.07, 6.45) is 3.77. The van der Waals surface area contributed by atoms with Crippen LogP contribution in [0.3, 0.4) is 0 Å². The molecule has 2 rings (SSSR count). The lowest BCUT2D eigenvalue weighted by Gasteiger charge is -2.39. The lowest BCUT2D eigenvalue weighted by atomic mass is 9.97. The Morgan fingerprint density at radius 1 is 1.33 bits per heavy atom. The molecule has 2 aliphatic heterocycles. The summed E-state index contributed by atoms with van der Waals surface area (Å²) >= 11 is 2.06. The van der Waals surface area contributed by atoms with Crippen LogP contribution in [0.25, 0.3) is 0 Å². The number of piperidine rings is 1. The molecule has 0 radical (unpaired) electrons. The van der Waals surface area contributed by atoms with E-state index in [1.165, 1.54) is 17.9 Å². The highest BCUT2D eigenvalue weighted by molar-refractivity contribution is 7.99. The molecule has 0 amide bonds. The van der Waals surface area contributed by atoms with Crippen LogP contribution in [0, 0.1) is 0 Å². The zero-order valence-corrected chi connectivity index (χ0v) is 17.2. The molecule has 0 saturated carbocycles. The first kappa shape index (κ1) is 19.9. The van der Waals surface area contributed by atoms with Gasteiger partial charge in [0, 0.05) is 38.0 Å². The molecule has 2 fully saturated rings. The molecule has 1 unspecified atom stereocenters. The SMILES string of the molecule is CN=C(NCC1(N(C)C)CCSC1)N1CCC(OC(C)(C)C)CC1. The van der Waals surface area contributed by atoms with Crippen LogP contribution in [0.5, 0.6) is 0 Å². The van der Waals surface area contributed by atoms with Crippen molar-refractivity contribution in [3.63, 3.8) is 0 Å². The van der Waals surface area contributed by atoms with Gasteiger partial charge in [-0.3, -0.25) is 4.99 Å². The molecule has 0 aliphatic carbocycles. The van der Waals surface area contributed by atoms with Gasteiger partial charge in [-0.2, -0.15) is 11.8 Å². The van der Waals surface area contributed by atoms with Crippen LogP contribution in [-0.4, -0.2) is 85.3 Å². The van der Waals surface area contributed by atoms with Gasteiger partial charge in [0.05, 0.1) is 11.7 Å². The van der Waals surface area contributed by atoms with Crippen LogP contribution in [-0.2, 0) is 4.74 Å².